The fraction of sp³-hybridized carbons (Fsp3) is 0.200. The van der Waals surface area contributed by atoms with Gasteiger partial charge < -0.3 is 0 Å². The minimum absolute atomic E-state index is 0.205. The van der Waals surface area contributed by atoms with E-state index in [2.05, 4.69) is 39.4 Å². The summed E-state index contributed by atoms with van der Waals surface area (Å²) in [4.78, 5) is 14.3. The molecule has 0 spiro atoms. The summed E-state index contributed by atoms with van der Waals surface area (Å²) in [6.07, 6.45) is 1.02. The predicted octanol–water partition coefficient (Wildman–Crippen LogP) is 4.23. The highest BCUT2D eigenvalue weighted by atomic mass is 79.9. The van der Waals surface area contributed by atoms with E-state index in [1.54, 1.807) is 23.5 Å². The third-order valence-electron chi connectivity index (χ3n) is 2.80. The topological polar surface area (TPSA) is 41.5 Å². The fourth-order valence-electron chi connectivity index (χ4n) is 1.62. The standard InChI is InChI=1S/C15H15BrN2OS/c1-3-13-8-9-14(20-13)10(2)17-18-15(19)11-4-6-12(16)7-5-11/h4-9H,3H2,1-2H3,(H,18,19)/b17-10+. The predicted molar refractivity (Wildman–Crippen MR) is 87.5 cm³/mol. The second-order valence-electron chi connectivity index (χ2n) is 4.26. The summed E-state index contributed by atoms with van der Waals surface area (Å²) in [6.45, 7) is 4.02. The summed E-state index contributed by atoms with van der Waals surface area (Å²) in [5, 5.41) is 4.16. The third-order valence-corrected chi connectivity index (χ3v) is 4.67. The minimum Gasteiger partial charge on any atom is -0.267 e. The normalized spacial score (nSPS) is 11.4. The molecule has 0 atom stereocenters. The van der Waals surface area contributed by atoms with E-state index in [0.29, 0.717) is 5.56 Å². The maximum absolute atomic E-state index is 11.9. The van der Waals surface area contributed by atoms with Crippen LogP contribution in [0.25, 0.3) is 0 Å². The highest BCUT2D eigenvalue weighted by molar-refractivity contribution is 9.10. The van der Waals surface area contributed by atoms with Gasteiger partial charge >= 0.3 is 0 Å². The van der Waals surface area contributed by atoms with E-state index in [1.165, 1.54) is 4.88 Å². The summed E-state index contributed by atoms with van der Waals surface area (Å²) in [6, 6.07) is 11.3. The molecular weight excluding hydrogens is 336 g/mol. The zero-order chi connectivity index (χ0) is 14.5. The van der Waals surface area contributed by atoms with Crippen LogP contribution in [0.2, 0.25) is 0 Å². The molecule has 1 heterocycles. The number of carbonyl (C=O) groups is 1. The van der Waals surface area contributed by atoms with Gasteiger partial charge in [0.25, 0.3) is 5.91 Å². The Morgan fingerprint density at radius 1 is 1.25 bits per heavy atom. The van der Waals surface area contributed by atoms with Crippen LogP contribution in [-0.2, 0) is 6.42 Å². The van der Waals surface area contributed by atoms with E-state index in [-0.39, 0.29) is 5.91 Å². The van der Waals surface area contributed by atoms with Gasteiger partial charge in [-0.15, -0.1) is 11.3 Å². The van der Waals surface area contributed by atoms with Gasteiger partial charge in [-0.25, -0.2) is 5.43 Å². The Bertz CT molecular complexity index is 632. The van der Waals surface area contributed by atoms with Crippen LogP contribution < -0.4 is 5.43 Å². The van der Waals surface area contributed by atoms with Gasteiger partial charge in [-0.05, 0) is 49.7 Å². The Balaban J connectivity index is 2.04. The first-order chi connectivity index (χ1) is 9.60. The largest absolute Gasteiger partial charge is 0.271 e. The van der Waals surface area contributed by atoms with E-state index in [9.17, 15) is 4.79 Å². The lowest BCUT2D eigenvalue weighted by molar-refractivity contribution is 0.0955. The average molecular weight is 351 g/mol. The number of halogens is 1. The maximum Gasteiger partial charge on any atom is 0.271 e. The summed E-state index contributed by atoms with van der Waals surface area (Å²) in [5.41, 5.74) is 3.99. The molecule has 2 aromatic rings. The average Bonchev–Trinajstić information content (AvgIpc) is 2.94. The Labute approximate surface area is 130 Å². The van der Waals surface area contributed by atoms with Crippen LogP contribution in [0.3, 0.4) is 0 Å². The minimum atomic E-state index is -0.205. The molecule has 0 aliphatic heterocycles. The molecule has 5 heteroatoms. The van der Waals surface area contributed by atoms with E-state index in [0.717, 1.165) is 21.5 Å². The van der Waals surface area contributed by atoms with E-state index in [4.69, 9.17) is 0 Å². The maximum atomic E-state index is 11.9. The second kappa shape index (κ2) is 6.81. The Morgan fingerprint density at radius 3 is 2.55 bits per heavy atom. The van der Waals surface area contributed by atoms with Gasteiger partial charge in [0.05, 0.1) is 10.6 Å². The number of thiophene rings is 1. The lowest BCUT2D eigenvalue weighted by Gasteiger charge is -2.01. The van der Waals surface area contributed by atoms with Crippen molar-refractivity contribution in [3.63, 3.8) is 0 Å². The van der Waals surface area contributed by atoms with Crippen molar-refractivity contribution in [1.29, 1.82) is 0 Å². The molecule has 3 nitrogen and oxygen atoms in total. The van der Waals surface area contributed by atoms with Crippen molar-refractivity contribution < 1.29 is 4.79 Å². The molecule has 104 valence electrons. The van der Waals surface area contributed by atoms with Crippen LogP contribution in [-0.4, -0.2) is 11.6 Å². The SMILES string of the molecule is CCc1ccc(/C(C)=N/NC(=O)c2ccc(Br)cc2)s1. The molecule has 0 radical (unpaired) electrons. The number of carbonyl (C=O) groups excluding carboxylic acids is 1. The highest BCUT2D eigenvalue weighted by Crippen LogP contribution is 2.17. The molecule has 0 saturated carbocycles. The Hall–Kier alpha value is -1.46. The second-order valence-corrected chi connectivity index (χ2v) is 6.35. The first kappa shape index (κ1) is 14.9. The lowest BCUT2D eigenvalue weighted by Crippen LogP contribution is -2.18. The molecular formula is C15H15BrN2OS. The number of hydrogen-bond donors (Lipinski definition) is 1. The van der Waals surface area contributed by atoms with Crippen LogP contribution in [0, 0.1) is 0 Å². The molecule has 2 rings (SSSR count). The van der Waals surface area contributed by atoms with Crippen LogP contribution >= 0.6 is 27.3 Å². The van der Waals surface area contributed by atoms with Crippen LogP contribution in [0.1, 0.15) is 34.0 Å². The number of nitrogens with one attached hydrogen (secondary N) is 1. The van der Waals surface area contributed by atoms with E-state index >= 15 is 0 Å². The van der Waals surface area contributed by atoms with Crippen molar-refractivity contribution in [1.82, 2.24) is 5.43 Å². The number of aryl methyl sites for hydroxylation is 1. The molecule has 1 aromatic carbocycles. The monoisotopic (exact) mass is 350 g/mol. The van der Waals surface area contributed by atoms with Crippen molar-refractivity contribution >= 4 is 38.9 Å². The zero-order valence-electron chi connectivity index (χ0n) is 11.3. The summed E-state index contributed by atoms with van der Waals surface area (Å²) in [5.74, 6) is -0.205. The Morgan fingerprint density at radius 2 is 1.95 bits per heavy atom. The van der Waals surface area contributed by atoms with E-state index < -0.39 is 0 Å². The number of nitrogens with zero attached hydrogens (tertiary/aromatic N) is 1. The van der Waals surface area contributed by atoms with Gasteiger partial charge in [0.1, 0.15) is 0 Å². The quantitative estimate of drug-likeness (QED) is 0.650. The first-order valence-electron chi connectivity index (χ1n) is 6.29. The van der Waals surface area contributed by atoms with Gasteiger partial charge in [0.2, 0.25) is 0 Å². The molecule has 0 saturated heterocycles. The summed E-state index contributed by atoms with van der Waals surface area (Å²) >= 11 is 5.04. The number of benzene rings is 1. The number of hydrazone groups is 1. The number of hydrogen-bond acceptors (Lipinski definition) is 3. The van der Waals surface area contributed by atoms with Gasteiger partial charge in [-0.2, -0.15) is 5.10 Å². The molecule has 20 heavy (non-hydrogen) atoms. The molecule has 0 aliphatic rings. The van der Waals surface area contributed by atoms with Crippen LogP contribution in [0.15, 0.2) is 46.0 Å². The molecule has 1 N–H and O–H groups in total. The van der Waals surface area contributed by atoms with Crippen LogP contribution in [0.4, 0.5) is 0 Å². The highest BCUT2D eigenvalue weighted by Gasteiger charge is 2.06. The van der Waals surface area contributed by atoms with Crippen molar-refractivity contribution in [2.24, 2.45) is 5.10 Å². The first-order valence-corrected chi connectivity index (χ1v) is 7.90. The number of amides is 1. The lowest BCUT2D eigenvalue weighted by atomic mass is 10.2. The van der Waals surface area contributed by atoms with Gasteiger partial charge in [0, 0.05) is 14.9 Å². The van der Waals surface area contributed by atoms with Crippen molar-refractivity contribution in [3.8, 4) is 0 Å². The van der Waals surface area contributed by atoms with Crippen molar-refractivity contribution in [2.75, 3.05) is 0 Å². The van der Waals surface area contributed by atoms with Gasteiger partial charge in [0.15, 0.2) is 0 Å². The third kappa shape index (κ3) is 3.77. The molecule has 0 bridgehead atoms. The molecule has 0 aliphatic carbocycles. The van der Waals surface area contributed by atoms with Crippen molar-refractivity contribution in [2.45, 2.75) is 20.3 Å². The number of rotatable bonds is 4. The van der Waals surface area contributed by atoms with Crippen LogP contribution in [0.5, 0.6) is 0 Å². The molecule has 1 aromatic heterocycles. The zero-order valence-corrected chi connectivity index (χ0v) is 13.7. The molecule has 1 amide bonds. The smallest absolute Gasteiger partial charge is 0.267 e. The van der Waals surface area contributed by atoms with Gasteiger partial charge in [-0.3, -0.25) is 4.79 Å². The van der Waals surface area contributed by atoms with Crippen molar-refractivity contribution in [3.05, 3.63) is 56.2 Å². The fourth-order valence-corrected chi connectivity index (χ4v) is 2.77. The molecule has 0 unspecified atom stereocenters. The van der Waals surface area contributed by atoms with E-state index in [1.807, 2.05) is 25.1 Å². The Kier molecular flexibility index (Phi) is 5.09. The summed E-state index contributed by atoms with van der Waals surface area (Å²) < 4.78 is 0.944. The van der Waals surface area contributed by atoms with Gasteiger partial charge in [-0.1, -0.05) is 22.9 Å². The summed E-state index contributed by atoms with van der Waals surface area (Å²) in [7, 11) is 0. The molecule has 0 fully saturated rings.